The number of benzene rings is 2. The second kappa shape index (κ2) is 10.7. The van der Waals surface area contributed by atoms with Crippen molar-refractivity contribution in [2.75, 3.05) is 30.0 Å². The van der Waals surface area contributed by atoms with Crippen LogP contribution in [0.15, 0.2) is 53.9 Å². The summed E-state index contributed by atoms with van der Waals surface area (Å²) in [4.78, 5) is 31.2. The molecule has 0 radical (unpaired) electrons. The van der Waals surface area contributed by atoms with Crippen LogP contribution in [0.2, 0.25) is 0 Å². The van der Waals surface area contributed by atoms with Crippen molar-refractivity contribution < 1.29 is 14.3 Å². The van der Waals surface area contributed by atoms with Gasteiger partial charge in [-0.25, -0.2) is 4.98 Å². The minimum absolute atomic E-state index is 0.0735. The van der Waals surface area contributed by atoms with Gasteiger partial charge in [0.05, 0.1) is 23.8 Å². The smallest absolute Gasteiger partial charge is 0.236 e. The van der Waals surface area contributed by atoms with Crippen molar-refractivity contribution in [3.05, 3.63) is 65.0 Å². The number of amides is 2. The molecule has 1 aromatic heterocycles. The fourth-order valence-corrected chi connectivity index (χ4v) is 4.99. The number of hydrogen-bond acceptors (Lipinski definition) is 6. The molecule has 0 aliphatic carbocycles. The molecule has 2 heterocycles. The first-order valence-corrected chi connectivity index (χ1v) is 12.6. The number of thiazole rings is 1. The third-order valence-electron chi connectivity index (χ3n) is 5.15. The lowest BCUT2D eigenvalue weighted by molar-refractivity contribution is -0.129. The third kappa shape index (κ3) is 5.69. The molecular weight excluding hydrogens is 442 g/mol. The Balaban J connectivity index is 1.22. The molecule has 2 amide bonds. The van der Waals surface area contributed by atoms with E-state index in [0.717, 1.165) is 30.0 Å². The molecule has 4 rings (SSSR count). The zero-order valence-corrected chi connectivity index (χ0v) is 19.5. The summed E-state index contributed by atoms with van der Waals surface area (Å²) in [6.45, 7) is 3.96. The molecule has 32 heavy (non-hydrogen) atoms. The monoisotopic (exact) mass is 467 g/mol. The van der Waals surface area contributed by atoms with Gasteiger partial charge >= 0.3 is 0 Å². The molecule has 6 nitrogen and oxygen atoms in total. The van der Waals surface area contributed by atoms with Crippen LogP contribution in [0, 0.1) is 0 Å². The van der Waals surface area contributed by atoms with E-state index in [9.17, 15) is 9.59 Å². The van der Waals surface area contributed by atoms with Gasteiger partial charge in [0.1, 0.15) is 5.75 Å². The minimum Gasteiger partial charge on any atom is -0.494 e. The predicted molar refractivity (Wildman–Crippen MR) is 130 cm³/mol. The normalized spacial score (nSPS) is 12.8. The average molecular weight is 468 g/mol. The Morgan fingerprint density at radius 3 is 2.69 bits per heavy atom. The van der Waals surface area contributed by atoms with E-state index in [0.29, 0.717) is 24.0 Å². The number of thioether (sulfide) groups is 1. The van der Waals surface area contributed by atoms with Crippen molar-refractivity contribution in [2.24, 2.45) is 0 Å². The number of ether oxygens (including phenoxy) is 1. The third-order valence-corrected chi connectivity index (χ3v) is 6.83. The first-order chi connectivity index (χ1) is 15.6. The summed E-state index contributed by atoms with van der Waals surface area (Å²) in [6, 6.07) is 16.0. The van der Waals surface area contributed by atoms with Crippen LogP contribution in [-0.4, -0.2) is 46.4 Å². The molecule has 0 bridgehead atoms. The summed E-state index contributed by atoms with van der Waals surface area (Å²) in [6.07, 6.45) is 0.883. The number of nitrogens with one attached hydrogen (secondary N) is 1. The maximum atomic E-state index is 12.5. The lowest BCUT2D eigenvalue weighted by atomic mass is 10.00. The molecule has 0 fully saturated rings. The second-order valence-corrected chi connectivity index (χ2v) is 9.21. The number of anilines is 1. The second-order valence-electron chi connectivity index (χ2n) is 7.37. The van der Waals surface area contributed by atoms with Crippen molar-refractivity contribution in [3.63, 3.8) is 0 Å². The molecule has 1 aliphatic rings. The van der Waals surface area contributed by atoms with E-state index in [1.54, 1.807) is 0 Å². The van der Waals surface area contributed by atoms with Gasteiger partial charge in [-0.2, -0.15) is 0 Å². The number of carbonyl (C=O) groups is 2. The van der Waals surface area contributed by atoms with E-state index >= 15 is 0 Å². The number of fused-ring (bicyclic) bond motifs is 1. The zero-order valence-electron chi connectivity index (χ0n) is 17.9. The average Bonchev–Trinajstić information content (AvgIpc) is 3.27. The molecule has 0 unspecified atom stereocenters. The van der Waals surface area contributed by atoms with E-state index in [-0.39, 0.29) is 17.6 Å². The molecule has 0 saturated carbocycles. The number of aromatic nitrogens is 1. The summed E-state index contributed by atoms with van der Waals surface area (Å²) in [7, 11) is 0. The number of hydrogen-bond donors (Lipinski definition) is 1. The van der Waals surface area contributed by atoms with Crippen molar-refractivity contribution in [2.45, 2.75) is 19.9 Å². The Morgan fingerprint density at radius 1 is 1.12 bits per heavy atom. The van der Waals surface area contributed by atoms with Gasteiger partial charge in [-0.15, -0.1) is 23.1 Å². The van der Waals surface area contributed by atoms with Gasteiger partial charge in [-0.3, -0.25) is 9.59 Å². The van der Waals surface area contributed by atoms with Crippen LogP contribution in [0.4, 0.5) is 5.13 Å². The van der Waals surface area contributed by atoms with Crippen LogP contribution in [0.3, 0.4) is 0 Å². The largest absolute Gasteiger partial charge is 0.494 e. The van der Waals surface area contributed by atoms with Crippen molar-refractivity contribution in [1.82, 2.24) is 9.88 Å². The van der Waals surface area contributed by atoms with Gasteiger partial charge in [-0.1, -0.05) is 24.3 Å². The van der Waals surface area contributed by atoms with E-state index in [2.05, 4.69) is 22.4 Å². The van der Waals surface area contributed by atoms with Gasteiger partial charge in [0.15, 0.2) is 5.13 Å². The molecule has 1 N–H and O–H groups in total. The highest BCUT2D eigenvalue weighted by molar-refractivity contribution is 8.00. The van der Waals surface area contributed by atoms with Crippen LogP contribution in [0.5, 0.6) is 5.75 Å². The Kier molecular flexibility index (Phi) is 7.44. The predicted octanol–water partition coefficient (Wildman–Crippen LogP) is 4.47. The van der Waals surface area contributed by atoms with Crippen LogP contribution in [0.25, 0.3) is 11.3 Å². The van der Waals surface area contributed by atoms with Crippen molar-refractivity contribution in [1.29, 1.82) is 0 Å². The molecule has 0 saturated heterocycles. The van der Waals surface area contributed by atoms with E-state index in [4.69, 9.17) is 4.74 Å². The molecule has 0 atom stereocenters. The number of rotatable bonds is 8. The highest BCUT2D eigenvalue weighted by Crippen LogP contribution is 2.26. The van der Waals surface area contributed by atoms with E-state index in [1.807, 2.05) is 53.6 Å². The lowest BCUT2D eigenvalue weighted by Gasteiger charge is -2.28. The van der Waals surface area contributed by atoms with Gasteiger partial charge < -0.3 is 15.0 Å². The Hall–Kier alpha value is -2.84. The van der Waals surface area contributed by atoms with Crippen LogP contribution in [0.1, 0.15) is 18.1 Å². The van der Waals surface area contributed by atoms with Crippen molar-refractivity contribution in [3.8, 4) is 17.0 Å². The maximum Gasteiger partial charge on any atom is 0.236 e. The van der Waals surface area contributed by atoms with Gasteiger partial charge in [0, 0.05) is 24.0 Å². The minimum atomic E-state index is -0.153. The van der Waals surface area contributed by atoms with E-state index in [1.165, 1.54) is 34.2 Å². The fourth-order valence-electron chi connectivity index (χ4n) is 3.54. The summed E-state index contributed by atoms with van der Waals surface area (Å²) in [5.74, 6) is 1.25. The molecule has 3 aromatic rings. The van der Waals surface area contributed by atoms with Gasteiger partial charge in [0.2, 0.25) is 11.8 Å². The van der Waals surface area contributed by atoms with Crippen molar-refractivity contribution >= 4 is 40.0 Å². The lowest BCUT2D eigenvalue weighted by Crippen LogP contribution is -2.37. The summed E-state index contributed by atoms with van der Waals surface area (Å²) in [5.41, 5.74) is 4.30. The maximum absolute atomic E-state index is 12.5. The molecule has 0 spiro atoms. The highest BCUT2D eigenvalue weighted by atomic mass is 32.2. The van der Waals surface area contributed by atoms with Crippen LogP contribution >= 0.6 is 23.1 Å². The molecule has 8 heteroatoms. The molecule has 166 valence electrons. The highest BCUT2D eigenvalue weighted by Gasteiger charge is 2.20. The first kappa shape index (κ1) is 22.4. The summed E-state index contributed by atoms with van der Waals surface area (Å²) >= 11 is 2.72. The number of carbonyl (C=O) groups excluding carboxylic acids is 2. The van der Waals surface area contributed by atoms with Gasteiger partial charge in [-0.05, 0) is 48.7 Å². The van der Waals surface area contributed by atoms with Crippen LogP contribution < -0.4 is 10.1 Å². The Labute approximate surface area is 196 Å². The molecule has 2 aromatic carbocycles. The standard InChI is InChI=1S/C24H25N3O3S2/c1-2-30-20-9-7-18(8-10-20)21-14-32-24(25-21)26-22(28)15-31-16-23(29)27-12-11-17-5-3-4-6-19(17)13-27/h3-10,14H,2,11-13,15-16H2,1H3,(H,25,26,28). The Bertz CT molecular complexity index is 1080. The first-order valence-electron chi connectivity index (χ1n) is 10.5. The van der Waals surface area contributed by atoms with Gasteiger partial charge in [0.25, 0.3) is 0 Å². The topological polar surface area (TPSA) is 71.5 Å². The SMILES string of the molecule is CCOc1ccc(-c2csc(NC(=O)CSCC(=O)N3CCc4ccccc4C3)n2)cc1. The quantitative estimate of drug-likeness (QED) is 0.529. The fraction of sp³-hybridized carbons (Fsp3) is 0.292. The summed E-state index contributed by atoms with van der Waals surface area (Å²) < 4.78 is 5.46. The van der Waals surface area contributed by atoms with E-state index < -0.39 is 0 Å². The molecular formula is C24H25N3O3S2. The van der Waals surface area contributed by atoms with Crippen LogP contribution in [-0.2, 0) is 22.6 Å². The summed E-state index contributed by atoms with van der Waals surface area (Å²) in [5, 5.41) is 5.30. The Morgan fingerprint density at radius 2 is 1.91 bits per heavy atom. The molecule has 1 aliphatic heterocycles. The number of nitrogens with zero attached hydrogens (tertiary/aromatic N) is 2. The zero-order chi connectivity index (χ0) is 22.3.